The van der Waals surface area contributed by atoms with E-state index < -0.39 is 11.8 Å². The summed E-state index contributed by atoms with van der Waals surface area (Å²) in [5.41, 5.74) is -0.139. The molecule has 0 atom stereocenters. The molecule has 0 amide bonds. The molecule has 72 valence electrons. The molecule has 0 aliphatic heterocycles. The second kappa shape index (κ2) is 4.07. The van der Waals surface area contributed by atoms with Crippen LogP contribution in [0.1, 0.15) is 15.9 Å². The minimum Gasteiger partial charge on any atom is -0.465 e. The van der Waals surface area contributed by atoms with Gasteiger partial charge in [0.25, 0.3) is 0 Å². The van der Waals surface area contributed by atoms with Crippen molar-refractivity contribution in [3.63, 3.8) is 0 Å². The highest BCUT2D eigenvalue weighted by Crippen LogP contribution is 2.20. The van der Waals surface area contributed by atoms with Crippen molar-refractivity contribution in [3.8, 4) is 6.07 Å². The predicted octanol–water partition coefficient (Wildman–Crippen LogP) is 2.14. The molecule has 1 aromatic carbocycles. The van der Waals surface area contributed by atoms with E-state index in [1.807, 2.05) is 0 Å². The second-order valence-electron chi connectivity index (χ2n) is 2.42. The van der Waals surface area contributed by atoms with E-state index in [0.717, 1.165) is 19.2 Å². The quantitative estimate of drug-likeness (QED) is 0.672. The van der Waals surface area contributed by atoms with Crippen LogP contribution in [0.25, 0.3) is 0 Å². The van der Waals surface area contributed by atoms with Gasteiger partial charge in [0.2, 0.25) is 0 Å². The summed E-state index contributed by atoms with van der Waals surface area (Å²) >= 11 is 5.43. The number of nitrogens with zero attached hydrogens (tertiary/aromatic N) is 1. The Hall–Kier alpha value is -1.60. The SMILES string of the molecule is COC(=O)c1cc(F)c(Cl)cc1C#N. The lowest BCUT2D eigenvalue weighted by atomic mass is 10.1. The topological polar surface area (TPSA) is 50.1 Å². The zero-order valence-corrected chi connectivity index (χ0v) is 7.93. The summed E-state index contributed by atoms with van der Waals surface area (Å²) in [7, 11) is 1.15. The van der Waals surface area contributed by atoms with E-state index in [0.29, 0.717) is 0 Å². The number of methoxy groups -OCH3 is 1. The molecule has 0 spiro atoms. The molecule has 14 heavy (non-hydrogen) atoms. The summed E-state index contributed by atoms with van der Waals surface area (Å²) in [6.07, 6.45) is 0. The highest BCUT2D eigenvalue weighted by Gasteiger charge is 2.15. The smallest absolute Gasteiger partial charge is 0.339 e. The molecule has 0 aliphatic carbocycles. The van der Waals surface area contributed by atoms with E-state index in [9.17, 15) is 9.18 Å². The third-order valence-corrected chi connectivity index (χ3v) is 1.88. The van der Waals surface area contributed by atoms with Crippen molar-refractivity contribution in [1.82, 2.24) is 0 Å². The Bertz CT molecular complexity index is 426. The maximum atomic E-state index is 12.9. The Balaban J connectivity index is 3.36. The number of nitriles is 1. The van der Waals surface area contributed by atoms with Gasteiger partial charge in [0.15, 0.2) is 0 Å². The highest BCUT2D eigenvalue weighted by atomic mass is 35.5. The molecule has 1 aromatic rings. The fourth-order valence-electron chi connectivity index (χ4n) is 0.918. The summed E-state index contributed by atoms with van der Waals surface area (Å²) in [4.78, 5) is 11.1. The maximum absolute atomic E-state index is 12.9. The minimum atomic E-state index is -0.767. The van der Waals surface area contributed by atoms with Crippen LogP contribution in [0.4, 0.5) is 4.39 Å². The molecular formula is C9H5ClFNO2. The number of hydrogen-bond donors (Lipinski definition) is 0. The maximum Gasteiger partial charge on any atom is 0.339 e. The molecule has 0 aliphatic rings. The van der Waals surface area contributed by atoms with Gasteiger partial charge in [-0.2, -0.15) is 5.26 Å². The van der Waals surface area contributed by atoms with Crippen LogP contribution in [-0.2, 0) is 4.74 Å². The number of hydrogen-bond acceptors (Lipinski definition) is 3. The van der Waals surface area contributed by atoms with Gasteiger partial charge < -0.3 is 4.74 Å². The largest absolute Gasteiger partial charge is 0.465 e. The molecule has 0 N–H and O–H groups in total. The summed E-state index contributed by atoms with van der Waals surface area (Å²) in [5, 5.41) is 8.44. The highest BCUT2D eigenvalue weighted by molar-refractivity contribution is 6.31. The molecular weight excluding hydrogens is 209 g/mol. The average Bonchev–Trinajstić information content (AvgIpc) is 2.20. The molecule has 0 radical (unpaired) electrons. The van der Waals surface area contributed by atoms with E-state index in [2.05, 4.69) is 4.74 Å². The third-order valence-electron chi connectivity index (χ3n) is 1.59. The number of ether oxygens (including phenoxy) is 1. The van der Waals surface area contributed by atoms with Crippen LogP contribution in [0.5, 0.6) is 0 Å². The van der Waals surface area contributed by atoms with Gasteiger partial charge in [-0.05, 0) is 12.1 Å². The molecule has 0 bridgehead atoms. The van der Waals surface area contributed by atoms with Crippen molar-refractivity contribution >= 4 is 17.6 Å². The van der Waals surface area contributed by atoms with Crippen molar-refractivity contribution in [1.29, 1.82) is 5.26 Å². The zero-order chi connectivity index (χ0) is 10.7. The summed E-state index contributed by atoms with van der Waals surface area (Å²) in [6.45, 7) is 0. The van der Waals surface area contributed by atoms with Crippen LogP contribution in [-0.4, -0.2) is 13.1 Å². The van der Waals surface area contributed by atoms with Crippen LogP contribution in [0.2, 0.25) is 5.02 Å². The lowest BCUT2D eigenvalue weighted by Gasteiger charge is -2.02. The van der Waals surface area contributed by atoms with E-state index in [1.54, 1.807) is 6.07 Å². The standard InChI is InChI=1S/C9H5ClFNO2/c1-14-9(13)6-3-8(11)7(10)2-5(6)4-12/h2-3H,1H3. The first kappa shape index (κ1) is 10.5. The van der Waals surface area contributed by atoms with Crippen molar-refractivity contribution in [3.05, 3.63) is 34.1 Å². The molecule has 0 unspecified atom stereocenters. The number of rotatable bonds is 1. The first-order valence-electron chi connectivity index (χ1n) is 3.57. The summed E-state index contributed by atoms with van der Waals surface area (Å²) in [6, 6.07) is 3.70. The van der Waals surface area contributed by atoms with Crippen molar-refractivity contribution < 1.29 is 13.9 Å². The molecule has 5 heteroatoms. The summed E-state index contributed by atoms with van der Waals surface area (Å²) in [5.74, 6) is -1.52. The van der Waals surface area contributed by atoms with Crippen LogP contribution in [0, 0.1) is 17.1 Å². The molecule has 0 aromatic heterocycles. The number of benzene rings is 1. The van der Waals surface area contributed by atoms with Crippen LogP contribution >= 0.6 is 11.6 Å². The normalized spacial score (nSPS) is 9.29. The first-order chi connectivity index (χ1) is 6.60. The fraction of sp³-hybridized carbons (Fsp3) is 0.111. The number of halogens is 2. The van der Waals surface area contributed by atoms with Gasteiger partial charge >= 0.3 is 5.97 Å². The van der Waals surface area contributed by atoms with Crippen molar-refractivity contribution in [2.24, 2.45) is 0 Å². The predicted molar refractivity (Wildman–Crippen MR) is 47.5 cm³/mol. The van der Waals surface area contributed by atoms with E-state index in [1.165, 1.54) is 0 Å². The number of esters is 1. The molecule has 0 heterocycles. The van der Waals surface area contributed by atoms with Crippen molar-refractivity contribution in [2.45, 2.75) is 0 Å². The van der Waals surface area contributed by atoms with Crippen molar-refractivity contribution in [2.75, 3.05) is 7.11 Å². The lowest BCUT2D eigenvalue weighted by molar-refractivity contribution is 0.0600. The second-order valence-corrected chi connectivity index (χ2v) is 2.82. The zero-order valence-electron chi connectivity index (χ0n) is 7.17. The Morgan fingerprint density at radius 1 is 1.64 bits per heavy atom. The molecule has 0 saturated carbocycles. The van der Waals surface area contributed by atoms with Gasteiger partial charge in [-0.15, -0.1) is 0 Å². The molecule has 0 fully saturated rings. The van der Waals surface area contributed by atoms with Gasteiger partial charge in [0, 0.05) is 0 Å². The Morgan fingerprint density at radius 2 is 2.29 bits per heavy atom. The summed E-state index contributed by atoms with van der Waals surface area (Å²) < 4.78 is 17.3. The monoisotopic (exact) mass is 213 g/mol. The van der Waals surface area contributed by atoms with E-state index in [-0.39, 0.29) is 16.1 Å². The fourth-order valence-corrected chi connectivity index (χ4v) is 1.08. The van der Waals surface area contributed by atoms with Gasteiger partial charge in [0.05, 0.1) is 23.3 Å². The molecule has 1 rings (SSSR count). The van der Waals surface area contributed by atoms with Crippen LogP contribution < -0.4 is 0 Å². The average molecular weight is 214 g/mol. The van der Waals surface area contributed by atoms with Gasteiger partial charge in [0.1, 0.15) is 11.9 Å². The molecule has 0 saturated heterocycles. The van der Waals surface area contributed by atoms with Gasteiger partial charge in [-0.25, -0.2) is 9.18 Å². The minimum absolute atomic E-state index is 0.0109. The number of carbonyl (C=O) groups is 1. The van der Waals surface area contributed by atoms with E-state index in [4.69, 9.17) is 16.9 Å². The van der Waals surface area contributed by atoms with Gasteiger partial charge in [-0.3, -0.25) is 0 Å². The first-order valence-corrected chi connectivity index (χ1v) is 3.95. The lowest BCUT2D eigenvalue weighted by Crippen LogP contribution is -2.05. The van der Waals surface area contributed by atoms with Crippen LogP contribution in [0.3, 0.4) is 0 Å². The Kier molecular flexibility index (Phi) is 3.05. The van der Waals surface area contributed by atoms with E-state index >= 15 is 0 Å². The van der Waals surface area contributed by atoms with Gasteiger partial charge in [-0.1, -0.05) is 11.6 Å². The number of carbonyl (C=O) groups excluding carboxylic acids is 1. The van der Waals surface area contributed by atoms with Crippen LogP contribution in [0.15, 0.2) is 12.1 Å². The molecule has 3 nitrogen and oxygen atoms in total. The Morgan fingerprint density at radius 3 is 2.79 bits per heavy atom. The third kappa shape index (κ3) is 1.83. The Labute approximate surface area is 84.7 Å².